The second kappa shape index (κ2) is 7.99. The number of imidazole rings is 1. The highest BCUT2D eigenvalue weighted by molar-refractivity contribution is 5.92. The number of anilines is 1. The van der Waals surface area contributed by atoms with Crippen LogP contribution in [0.5, 0.6) is 0 Å². The van der Waals surface area contributed by atoms with Crippen molar-refractivity contribution < 1.29 is 14.7 Å². The SMILES string of the molecule is C[C@H](CNC(=O)c1cn(CCc2ccc3c(n2)NCCC3)cn1)C(=O)O. The molecule has 0 radical (unpaired) electrons. The first kappa shape index (κ1) is 17.9. The summed E-state index contributed by atoms with van der Waals surface area (Å²) in [5.41, 5.74) is 2.54. The minimum atomic E-state index is -0.942. The molecule has 1 aliphatic heterocycles. The topological polar surface area (TPSA) is 109 Å². The Balaban J connectivity index is 1.53. The first-order valence-corrected chi connectivity index (χ1v) is 8.78. The van der Waals surface area contributed by atoms with Gasteiger partial charge < -0.3 is 20.3 Å². The summed E-state index contributed by atoms with van der Waals surface area (Å²) >= 11 is 0. The number of nitrogens with one attached hydrogen (secondary N) is 2. The molecule has 26 heavy (non-hydrogen) atoms. The zero-order chi connectivity index (χ0) is 18.5. The molecular formula is C18H23N5O3. The number of hydrogen-bond donors (Lipinski definition) is 3. The molecule has 2 aromatic rings. The lowest BCUT2D eigenvalue weighted by Gasteiger charge is -2.17. The number of aryl methyl sites for hydroxylation is 3. The van der Waals surface area contributed by atoms with Gasteiger partial charge in [-0.3, -0.25) is 9.59 Å². The van der Waals surface area contributed by atoms with Crippen molar-refractivity contribution in [1.29, 1.82) is 0 Å². The van der Waals surface area contributed by atoms with Crippen molar-refractivity contribution in [2.75, 3.05) is 18.4 Å². The molecule has 3 rings (SSSR count). The van der Waals surface area contributed by atoms with E-state index in [4.69, 9.17) is 5.11 Å². The Hall–Kier alpha value is -2.90. The van der Waals surface area contributed by atoms with Crippen LogP contribution in [0, 0.1) is 5.92 Å². The summed E-state index contributed by atoms with van der Waals surface area (Å²) in [5, 5.41) is 14.8. The monoisotopic (exact) mass is 357 g/mol. The van der Waals surface area contributed by atoms with Crippen LogP contribution in [0.1, 0.15) is 35.1 Å². The molecule has 0 saturated carbocycles. The molecule has 138 valence electrons. The number of hydrogen-bond acceptors (Lipinski definition) is 5. The van der Waals surface area contributed by atoms with Crippen LogP contribution < -0.4 is 10.6 Å². The van der Waals surface area contributed by atoms with Gasteiger partial charge in [0.25, 0.3) is 5.91 Å². The van der Waals surface area contributed by atoms with Crippen molar-refractivity contribution in [2.24, 2.45) is 5.92 Å². The number of amides is 1. The van der Waals surface area contributed by atoms with Crippen molar-refractivity contribution in [3.63, 3.8) is 0 Å². The number of carbonyl (C=O) groups is 2. The van der Waals surface area contributed by atoms with Crippen LogP contribution in [-0.4, -0.2) is 44.6 Å². The lowest BCUT2D eigenvalue weighted by molar-refractivity contribution is -0.140. The van der Waals surface area contributed by atoms with E-state index in [1.165, 1.54) is 5.56 Å². The second-order valence-electron chi connectivity index (χ2n) is 6.54. The number of pyridine rings is 1. The predicted octanol–water partition coefficient (Wildman–Crippen LogP) is 1.33. The largest absolute Gasteiger partial charge is 0.481 e. The molecule has 0 aliphatic carbocycles. The highest BCUT2D eigenvalue weighted by atomic mass is 16.4. The fraction of sp³-hybridized carbons (Fsp3) is 0.444. The zero-order valence-corrected chi connectivity index (χ0v) is 14.7. The first-order valence-electron chi connectivity index (χ1n) is 8.78. The molecular weight excluding hydrogens is 334 g/mol. The summed E-state index contributed by atoms with van der Waals surface area (Å²) in [6.45, 7) is 3.25. The molecule has 0 spiro atoms. The molecule has 3 N–H and O–H groups in total. The number of rotatable bonds is 7. The second-order valence-corrected chi connectivity index (χ2v) is 6.54. The number of aliphatic carboxylic acids is 1. The summed E-state index contributed by atoms with van der Waals surface area (Å²) in [4.78, 5) is 31.5. The predicted molar refractivity (Wildman–Crippen MR) is 96.1 cm³/mol. The Kier molecular flexibility index (Phi) is 5.50. The summed E-state index contributed by atoms with van der Waals surface area (Å²) in [5.74, 6) is -0.965. The zero-order valence-electron chi connectivity index (χ0n) is 14.7. The fourth-order valence-corrected chi connectivity index (χ4v) is 2.78. The van der Waals surface area contributed by atoms with Crippen molar-refractivity contribution in [1.82, 2.24) is 19.9 Å². The van der Waals surface area contributed by atoms with E-state index in [2.05, 4.69) is 26.7 Å². The van der Waals surface area contributed by atoms with Gasteiger partial charge in [-0.2, -0.15) is 0 Å². The van der Waals surface area contributed by atoms with E-state index in [0.29, 0.717) is 6.54 Å². The van der Waals surface area contributed by atoms with E-state index >= 15 is 0 Å². The molecule has 0 saturated heterocycles. The van der Waals surface area contributed by atoms with E-state index < -0.39 is 11.9 Å². The third kappa shape index (κ3) is 4.38. The van der Waals surface area contributed by atoms with Gasteiger partial charge in [-0.15, -0.1) is 0 Å². The van der Waals surface area contributed by atoms with Crippen LogP contribution in [0.25, 0.3) is 0 Å². The third-order valence-corrected chi connectivity index (χ3v) is 4.43. The molecule has 3 heterocycles. The maximum Gasteiger partial charge on any atom is 0.308 e. The number of aromatic nitrogens is 3. The van der Waals surface area contributed by atoms with Crippen LogP contribution in [-0.2, 0) is 24.2 Å². The standard InChI is InChI=1S/C18H23N5O3/c1-12(18(25)26)9-20-17(24)15-10-23(11-21-15)8-6-14-5-4-13-3-2-7-19-16(13)22-14/h4-5,10-12H,2-3,6-9H2,1H3,(H,19,22)(H,20,24)(H,25,26)/t12-/m1/s1. The van der Waals surface area contributed by atoms with Crippen LogP contribution >= 0.6 is 0 Å². The number of fused-ring (bicyclic) bond motifs is 1. The van der Waals surface area contributed by atoms with Crippen molar-refractivity contribution >= 4 is 17.7 Å². The lowest BCUT2D eigenvalue weighted by Crippen LogP contribution is -2.31. The Morgan fingerprint density at radius 1 is 1.42 bits per heavy atom. The molecule has 1 amide bonds. The van der Waals surface area contributed by atoms with Crippen LogP contribution in [0.4, 0.5) is 5.82 Å². The Morgan fingerprint density at radius 3 is 3.08 bits per heavy atom. The Bertz CT molecular complexity index is 802. The maximum absolute atomic E-state index is 12.0. The van der Waals surface area contributed by atoms with Gasteiger partial charge in [0.15, 0.2) is 0 Å². The molecule has 8 heteroatoms. The van der Waals surface area contributed by atoms with Crippen LogP contribution in [0.3, 0.4) is 0 Å². The highest BCUT2D eigenvalue weighted by Gasteiger charge is 2.15. The van der Waals surface area contributed by atoms with Crippen molar-refractivity contribution in [3.05, 3.63) is 41.6 Å². The molecule has 0 bridgehead atoms. The molecule has 0 fully saturated rings. The average molecular weight is 357 g/mol. The van der Waals surface area contributed by atoms with Gasteiger partial charge in [0, 0.05) is 37.9 Å². The normalized spacial score (nSPS) is 14.2. The molecule has 2 aromatic heterocycles. The maximum atomic E-state index is 12.0. The Morgan fingerprint density at radius 2 is 2.27 bits per heavy atom. The van der Waals surface area contributed by atoms with E-state index in [-0.39, 0.29) is 18.1 Å². The van der Waals surface area contributed by atoms with E-state index in [0.717, 1.165) is 37.3 Å². The minimum Gasteiger partial charge on any atom is -0.481 e. The summed E-state index contributed by atoms with van der Waals surface area (Å²) in [6, 6.07) is 4.17. The smallest absolute Gasteiger partial charge is 0.308 e. The van der Waals surface area contributed by atoms with Gasteiger partial charge >= 0.3 is 5.97 Å². The van der Waals surface area contributed by atoms with Crippen molar-refractivity contribution in [2.45, 2.75) is 32.7 Å². The quantitative estimate of drug-likeness (QED) is 0.690. The minimum absolute atomic E-state index is 0.0765. The fourth-order valence-electron chi connectivity index (χ4n) is 2.78. The molecule has 0 unspecified atom stereocenters. The number of carbonyl (C=O) groups excluding carboxylic acids is 1. The van der Waals surface area contributed by atoms with Gasteiger partial charge in [-0.05, 0) is 24.5 Å². The third-order valence-electron chi connectivity index (χ3n) is 4.43. The number of carboxylic acids is 1. The van der Waals surface area contributed by atoms with Gasteiger partial charge in [-0.1, -0.05) is 13.0 Å². The molecule has 1 aliphatic rings. The first-order chi connectivity index (χ1) is 12.5. The van der Waals surface area contributed by atoms with E-state index in [1.807, 2.05) is 10.6 Å². The van der Waals surface area contributed by atoms with Crippen LogP contribution in [0.2, 0.25) is 0 Å². The highest BCUT2D eigenvalue weighted by Crippen LogP contribution is 2.19. The van der Waals surface area contributed by atoms with Crippen LogP contribution in [0.15, 0.2) is 24.7 Å². The summed E-state index contributed by atoms with van der Waals surface area (Å²) in [6.07, 6.45) is 6.21. The Labute approximate surface area is 151 Å². The number of nitrogens with zero attached hydrogens (tertiary/aromatic N) is 3. The van der Waals surface area contributed by atoms with Gasteiger partial charge in [0.1, 0.15) is 11.5 Å². The molecule has 8 nitrogen and oxygen atoms in total. The number of carboxylic acid groups (broad SMARTS) is 1. The average Bonchev–Trinajstić information content (AvgIpc) is 3.13. The van der Waals surface area contributed by atoms with E-state index in [9.17, 15) is 9.59 Å². The molecule has 0 aromatic carbocycles. The summed E-state index contributed by atoms with van der Waals surface area (Å²) < 4.78 is 1.84. The van der Waals surface area contributed by atoms with Gasteiger partial charge in [0.05, 0.1) is 12.2 Å². The molecule has 1 atom stereocenters. The van der Waals surface area contributed by atoms with Gasteiger partial charge in [0.2, 0.25) is 0 Å². The van der Waals surface area contributed by atoms with Crippen molar-refractivity contribution in [3.8, 4) is 0 Å². The van der Waals surface area contributed by atoms with E-state index in [1.54, 1.807) is 19.4 Å². The van der Waals surface area contributed by atoms with Gasteiger partial charge in [-0.25, -0.2) is 9.97 Å². The lowest BCUT2D eigenvalue weighted by atomic mass is 10.1. The summed E-state index contributed by atoms with van der Waals surface area (Å²) in [7, 11) is 0.